The molecule has 1 aromatic carbocycles. The number of amides is 4. The molecule has 0 fully saturated rings. The van der Waals surface area contributed by atoms with E-state index in [-0.39, 0.29) is 37.4 Å². The maximum Gasteiger partial charge on any atom is 0.326 e. The van der Waals surface area contributed by atoms with Crippen molar-refractivity contribution in [3.63, 3.8) is 0 Å². The molecule has 0 aliphatic carbocycles. The number of carbonyl (C=O) groups is 6. The number of carboxylic acids is 2. The summed E-state index contributed by atoms with van der Waals surface area (Å²) in [5.74, 6) is -4.89. The van der Waals surface area contributed by atoms with E-state index in [1.54, 1.807) is 36.6 Å². The fourth-order valence-corrected chi connectivity index (χ4v) is 4.61. The van der Waals surface area contributed by atoms with Crippen molar-refractivity contribution in [2.45, 2.75) is 76.2 Å². The summed E-state index contributed by atoms with van der Waals surface area (Å²) in [6.45, 7) is 3.71. The maximum absolute atomic E-state index is 13.6. The first-order valence-electron chi connectivity index (χ1n) is 13.8. The first kappa shape index (κ1) is 37.7. The van der Waals surface area contributed by atoms with Gasteiger partial charge in [0.2, 0.25) is 23.6 Å². The molecule has 0 unspecified atom stereocenters. The van der Waals surface area contributed by atoms with Gasteiger partial charge in [0.15, 0.2) is 0 Å². The van der Waals surface area contributed by atoms with Crippen molar-refractivity contribution >= 4 is 60.0 Å². The molecule has 0 aromatic heterocycles. The Hall–Kier alpha value is -3.30. The lowest BCUT2D eigenvalue weighted by Crippen LogP contribution is -2.59. The molecule has 4 amide bonds. The number of thioether (sulfide) groups is 1. The fraction of sp³-hybridized carbons (Fsp3) is 0.571. The zero-order valence-corrected chi connectivity index (χ0v) is 26.3. The largest absolute Gasteiger partial charge is 0.481 e. The zero-order valence-electron chi connectivity index (χ0n) is 24.6. The van der Waals surface area contributed by atoms with E-state index in [9.17, 15) is 39.0 Å². The summed E-state index contributed by atoms with van der Waals surface area (Å²) in [5, 5.41) is 28.9. The summed E-state index contributed by atoms with van der Waals surface area (Å²) in [6, 6.07) is 2.91. The number of nitrogens with one attached hydrogen (secondary N) is 4. The monoisotopic (exact) mass is 641 g/mol. The normalized spacial score (nSPS) is 14.5. The average molecular weight is 642 g/mol. The second kappa shape index (κ2) is 19.8. The number of hydrogen-bond acceptors (Lipinski definition) is 9. The Bertz CT molecular complexity index is 1090. The van der Waals surface area contributed by atoms with Gasteiger partial charge in [-0.2, -0.15) is 24.4 Å². The van der Waals surface area contributed by atoms with E-state index in [1.165, 1.54) is 11.8 Å². The van der Waals surface area contributed by atoms with Crippen LogP contribution in [-0.2, 0) is 35.2 Å². The highest BCUT2D eigenvalue weighted by Gasteiger charge is 2.32. The molecule has 15 heteroatoms. The molecule has 0 spiro atoms. The van der Waals surface area contributed by atoms with Gasteiger partial charge in [-0.05, 0) is 42.8 Å². The topological polar surface area (TPSA) is 217 Å². The molecular weight excluding hydrogens is 598 g/mol. The summed E-state index contributed by atoms with van der Waals surface area (Å²) in [6.07, 6.45) is 1.35. The number of benzene rings is 1. The van der Waals surface area contributed by atoms with Gasteiger partial charge >= 0.3 is 11.9 Å². The molecule has 1 rings (SSSR count). The third-order valence-corrected chi connectivity index (χ3v) is 7.33. The van der Waals surface area contributed by atoms with Crippen LogP contribution in [0.15, 0.2) is 30.3 Å². The second-order valence-electron chi connectivity index (χ2n) is 10.4. The van der Waals surface area contributed by atoms with Gasteiger partial charge in [0.25, 0.3) is 0 Å². The lowest BCUT2D eigenvalue weighted by atomic mass is 10.0. The van der Waals surface area contributed by atoms with E-state index in [0.29, 0.717) is 11.3 Å². The highest BCUT2D eigenvalue weighted by atomic mass is 32.2. The van der Waals surface area contributed by atoms with Crippen LogP contribution in [0.4, 0.5) is 0 Å². The van der Waals surface area contributed by atoms with Gasteiger partial charge in [-0.15, -0.1) is 0 Å². The molecule has 13 nitrogen and oxygen atoms in total. The highest BCUT2D eigenvalue weighted by molar-refractivity contribution is 7.98. The Kier molecular flexibility index (Phi) is 17.4. The van der Waals surface area contributed by atoms with Crippen LogP contribution < -0.4 is 27.0 Å². The smallest absolute Gasteiger partial charge is 0.326 e. The lowest BCUT2D eigenvalue weighted by molar-refractivity contribution is -0.143. The van der Waals surface area contributed by atoms with Crippen molar-refractivity contribution in [1.82, 2.24) is 21.3 Å². The van der Waals surface area contributed by atoms with E-state index in [4.69, 9.17) is 5.73 Å². The van der Waals surface area contributed by atoms with Gasteiger partial charge < -0.3 is 37.2 Å². The molecule has 0 saturated carbocycles. The van der Waals surface area contributed by atoms with Crippen LogP contribution in [0.5, 0.6) is 0 Å². The van der Waals surface area contributed by atoms with E-state index in [2.05, 4.69) is 33.9 Å². The number of aliphatic carboxylic acids is 2. The Morgan fingerprint density at radius 3 is 1.88 bits per heavy atom. The minimum Gasteiger partial charge on any atom is -0.481 e. The minimum atomic E-state index is -1.39. The number of nitrogens with two attached hydrogens (primary N) is 1. The van der Waals surface area contributed by atoms with Crippen molar-refractivity contribution in [3.05, 3.63) is 35.9 Å². The first-order valence-corrected chi connectivity index (χ1v) is 15.9. The Morgan fingerprint density at radius 1 is 0.814 bits per heavy atom. The van der Waals surface area contributed by atoms with E-state index in [1.807, 2.05) is 13.8 Å². The number of thiol groups is 1. The third kappa shape index (κ3) is 14.6. The molecule has 240 valence electrons. The standard InChI is InChI=1S/C28H43N5O8S2/c1-16(2)13-21(32-24(36)18(29)15-42)26(38)33-22(14-17-7-5-4-6-8-17)27(39)30-19(9-10-23(34)35)25(37)31-20(28(40)41)11-12-43-3/h4-8,16,18-22,42H,9-15,29H2,1-3H3,(H,30,39)(H,31,37)(H,32,36)(H,33,38)(H,34,35)(H,40,41)/t18-,19-,20-,21-,22-/m0/s1. The Morgan fingerprint density at radius 2 is 1.35 bits per heavy atom. The predicted molar refractivity (Wildman–Crippen MR) is 167 cm³/mol. The first-order chi connectivity index (χ1) is 20.3. The van der Waals surface area contributed by atoms with E-state index in [0.717, 1.165) is 0 Å². The zero-order chi connectivity index (χ0) is 32.5. The molecule has 5 atom stereocenters. The summed E-state index contributed by atoms with van der Waals surface area (Å²) < 4.78 is 0. The quantitative estimate of drug-likeness (QED) is 0.0903. The molecule has 0 aliphatic heterocycles. The minimum absolute atomic E-state index is 0.00958. The van der Waals surface area contributed by atoms with Crippen molar-refractivity contribution < 1.29 is 39.0 Å². The third-order valence-electron chi connectivity index (χ3n) is 6.29. The van der Waals surface area contributed by atoms with Crippen LogP contribution in [0.2, 0.25) is 0 Å². The maximum atomic E-state index is 13.6. The summed E-state index contributed by atoms with van der Waals surface area (Å²) >= 11 is 5.41. The van der Waals surface area contributed by atoms with E-state index < -0.39 is 72.2 Å². The van der Waals surface area contributed by atoms with Crippen molar-refractivity contribution in [3.8, 4) is 0 Å². The number of carbonyl (C=O) groups excluding carboxylic acids is 4. The Balaban J connectivity index is 3.27. The van der Waals surface area contributed by atoms with Gasteiger partial charge in [0.05, 0.1) is 6.04 Å². The lowest BCUT2D eigenvalue weighted by Gasteiger charge is -2.27. The molecule has 1 aromatic rings. The SMILES string of the molecule is CSCC[C@H](NC(=O)[C@H](CCC(=O)O)NC(=O)[C@H](Cc1ccccc1)NC(=O)[C@H](CC(C)C)NC(=O)[C@@H](N)CS)C(=O)O. The van der Waals surface area contributed by atoms with Crippen LogP contribution in [-0.4, -0.2) is 93.8 Å². The van der Waals surface area contributed by atoms with Crippen molar-refractivity contribution in [2.75, 3.05) is 17.8 Å². The summed E-state index contributed by atoms with van der Waals surface area (Å²) in [4.78, 5) is 75.4. The summed E-state index contributed by atoms with van der Waals surface area (Å²) in [5.41, 5.74) is 6.44. The van der Waals surface area contributed by atoms with Crippen LogP contribution in [0.1, 0.15) is 45.1 Å². The number of hydrogen-bond donors (Lipinski definition) is 8. The van der Waals surface area contributed by atoms with E-state index >= 15 is 0 Å². The average Bonchev–Trinajstić information content (AvgIpc) is 2.95. The van der Waals surface area contributed by atoms with Gasteiger partial charge in [-0.3, -0.25) is 24.0 Å². The fourth-order valence-electron chi connectivity index (χ4n) is 3.97. The molecule has 0 saturated heterocycles. The molecule has 0 bridgehead atoms. The molecule has 43 heavy (non-hydrogen) atoms. The number of carboxylic acid groups (broad SMARTS) is 2. The number of rotatable bonds is 20. The highest BCUT2D eigenvalue weighted by Crippen LogP contribution is 2.10. The molecule has 0 heterocycles. The van der Waals surface area contributed by atoms with Gasteiger partial charge in [-0.1, -0.05) is 44.2 Å². The van der Waals surface area contributed by atoms with Gasteiger partial charge in [0, 0.05) is 18.6 Å². The van der Waals surface area contributed by atoms with Gasteiger partial charge in [-0.25, -0.2) is 4.79 Å². The van der Waals surface area contributed by atoms with Crippen LogP contribution in [0.3, 0.4) is 0 Å². The second-order valence-corrected chi connectivity index (χ2v) is 11.8. The molecule has 0 radical (unpaired) electrons. The van der Waals surface area contributed by atoms with Crippen LogP contribution in [0, 0.1) is 5.92 Å². The predicted octanol–water partition coefficient (Wildman–Crippen LogP) is 0.174. The van der Waals surface area contributed by atoms with Gasteiger partial charge in [0.1, 0.15) is 24.2 Å². The Labute approximate surface area is 261 Å². The van der Waals surface area contributed by atoms with Crippen molar-refractivity contribution in [2.24, 2.45) is 11.7 Å². The molecule has 8 N–H and O–H groups in total. The van der Waals surface area contributed by atoms with Crippen LogP contribution >= 0.6 is 24.4 Å². The van der Waals surface area contributed by atoms with Crippen molar-refractivity contribution in [1.29, 1.82) is 0 Å². The molecule has 0 aliphatic rings. The summed E-state index contributed by atoms with van der Waals surface area (Å²) in [7, 11) is 0. The molecular formula is C28H43N5O8S2. The van der Waals surface area contributed by atoms with Crippen LogP contribution in [0.25, 0.3) is 0 Å².